The van der Waals surface area contributed by atoms with E-state index in [1.165, 1.54) is 0 Å². The Morgan fingerprint density at radius 2 is 1.87 bits per heavy atom. The summed E-state index contributed by atoms with van der Waals surface area (Å²) in [7, 11) is 0. The normalized spacial score (nSPS) is 10.9. The molecule has 3 heteroatoms. The Labute approximate surface area is 87.3 Å². The van der Waals surface area contributed by atoms with Gasteiger partial charge in [0.25, 0.3) is 0 Å². The average Bonchev–Trinajstić information content (AvgIpc) is 2.59. The van der Waals surface area contributed by atoms with Crippen molar-refractivity contribution in [3.05, 3.63) is 34.6 Å². The third kappa shape index (κ3) is 1.40. The van der Waals surface area contributed by atoms with Crippen LogP contribution in [0.15, 0.2) is 16.5 Å². The van der Waals surface area contributed by atoms with Gasteiger partial charge in [-0.1, -0.05) is 6.07 Å². The topological polar surface area (TPSA) is 50.4 Å². The first-order valence-electron chi connectivity index (χ1n) is 4.74. The lowest BCUT2D eigenvalue weighted by Crippen LogP contribution is -1.91. The molecule has 1 N–H and O–H groups in total. The molecule has 0 spiro atoms. The zero-order valence-electron chi connectivity index (χ0n) is 8.92. The van der Waals surface area contributed by atoms with Crippen molar-refractivity contribution in [1.82, 2.24) is 0 Å². The van der Waals surface area contributed by atoms with E-state index in [9.17, 15) is 4.79 Å². The fraction of sp³-hybridized carbons (Fsp3) is 0.250. The standard InChI is InChI=1S/C12H12O3/c1-6-4-7(2)11-9(8(6)3)5-10(15-11)12(13)14/h4-5H,1-3H3,(H,13,14). The first kappa shape index (κ1) is 9.77. The van der Waals surface area contributed by atoms with E-state index in [1.807, 2.05) is 26.8 Å². The third-order valence-corrected chi connectivity index (χ3v) is 2.73. The van der Waals surface area contributed by atoms with Gasteiger partial charge in [0, 0.05) is 5.39 Å². The summed E-state index contributed by atoms with van der Waals surface area (Å²) in [4.78, 5) is 10.8. The number of fused-ring (bicyclic) bond motifs is 1. The number of hydrogen-bond acceptors (Lipinski definition) is 2. The second kappa shape index (κ2) is 3.12. The lowest BCUT2D eigenvalue weighted by molar-refractivity contribution is 0.0665. The highest BCUT2D eigenvalue weighted by atomic mass is 16.4. The summed E-state index contributed by atoms with van der Waals surface area (Å²) in [6.07, 6.45) is 0. The van der Waals surface area contributed by atoms with E-state index in [0.29, 0.717) is 5.58 Å². The van der Waals surface area contributed by atoms with Crippen molar-refractivity contribution in [3.8, 4) is 0 Å². The van der Waals surface area contributed by atoms with Crippen LogP contribution in [0.5, 0.6) is 0 Å². The summed E-state index contributed by atoms with van der Waals surface area (Å²) in [5, 5.41) is 9.74. The lowest BCUT2D eigenvalue weighted by atomic mass is 10.0. The predicted molar refractivity (Wildman–Crippen MR) is 57.4 cm³/mol. The molecule has 1 aromatic heterocycles. The molecule has 0 fully saturated rings. The Kier molecular flexibility index (Phi) is 2.03. The third-order valence-electron chi connectivity index (χ3n) is 2.73. The van der Waals surface area contributed by atoms with Gasteiger partial charge in [-0.2, -0.15) is 0 Å². The summed E-state index contributed by atoms with van der Waals surface area (Å²) in [5.41, 5.74) is 3.88. The SMILES string of the molecule is Cc1cc(C)c2oc(C(=O)O)cc2c1C. The van der Waals surface area contributed by atoms with E-state index in [0.717, 1.165) is 22.1 Å². The molecule has 1 heterocycles. The van der Waals surface area contributed by atoms with Crippen molar-refractivity contribution in [1.29, 1.82) is 0 Å². The van der Waals surface area contributed by atoms with Crippen LogP contribution in [0.25, 0.3) is 11.0 Å². The van der Waals surface area contributed by atoms with Gasteiger partial charge in [0.15, 0.2) is 0 Å². The summed E-state index contributed by atoms with van der Waals surface area (Å²) >= 11 is 0. The van der Waals surface area contributed by atoms with Gasteiger partial charge in [0.2, 0.25) is 5.76 Å². The van der Waals surface area contributed by atoms with Crippen molar-refractivity contribution < 1.29 is 14.3 Å². The van der Waals surface area contributed by atoms with E-state index >= 15 is 0 Å². The van der Waals surface area contributed by atoms with Crippen LogP contribution < -0.4 is 0 Å². The van der Waals surface area contributed by atoms with Crippen LogP contribution in [0.1, 0.15) is 27.2 Å². The molecule has 0 radical (unpaired) electrons. The largest absolute Gasteiger partial charge is 0.475 e. The zero-order valence-corrected chi connectivity index (χ0v) is 8.92. The van der Waals surface area contributed by atoms with Crippen LogP contribution in [-0.4, -0.2) is 11.1 Å². The Bertz CT molecular complexity index is 549. The fourth-order valence-corrected chi connectivity index (χ4v) is 1.78. The van der Waals surface area contributed by atoms with Gasteiger partial charge in [-0.05, 0) is 43.5 Å². The minimum absolute atomic E-state index is 0.00167. The quantitative estimate of drug-likeness (QED) is 0.776. The Morgan fingerprint density at radius 1 is 1.20 bits per heavy atom. The smallest absolute Gasteiger partial charge is 0.371 e. The van der Waals surface area contributed by atoms with E-state index in [4.69, 9.17) is 9.52 Å². The van der Waals surface area contributed by atoms with Crippen molar-refractivity contribution in [2.75, 3.05) is 0 Å². The Hall–Kier alpha value is -1.77. The average molecular weight is 204 g/mol. The first-order chi connectivity index (χ1) is 7.00. The molecule has 3 nitrogen and oxygen atoms in total. The minimum atomic E-state index is -1.03. The van der Waals surface area contributed by atoms with Crippen LogP contribution >= 0.6 is 0 Å². The molecule has 0 bridgehead atoms. The van der Waals surface area contributed by atoms with Crippen LogP contribution in [-0.2, 0) is 0 Å². The molecular weight excluding hydrogens is 192 g/mol. The predicted octanol–water partition coefficient (Wildman–Crippen LogP) is 3.06. The van der Waals surface area contributed by atoms with Crippen molar-refractivity contribution in [3.63, 3.8) is 0 Å². The zero-order chi connectivity index (χ0) is 11.2. The molecular formula is C12H12O3. The van der Waals surface area contributed by atoms with Crippen molar-refractivity contribution >= 4 is 16.9 Å². The number of aromatic carboxylic acids is 1. The number of carboxylic acids is 1. The van der Waals surface area contributed by atoms with Crippen LogP contribution in [0.3, 0.4) is 0 Å². The number of rotatable bonds is 1. The molecule has 0 saturated heterocycles. The molecule has 0 aliphatic rings. The molecule has 15 heavy (non-hydrogen) atoms. The maximum atomic E-state index is 10.8. The van der Waals surface area contributed by atoms with Gasteiger partial charge < -0.3 is 9.52 Å². The van der Waals surface area contributed by atoms with Gasteiger partial charge in [0.1, 0.15) is 5.58 Å². The van der Waals surface area contributed by atoms with Crippen molar-refractivity contribution in [2.45, 2.75) is 20.8 Å². The maximum absolute atomic E-state index is 10.8. The molecule has 0 amide bonds. The molecule has 1 aromatic carbocycles. The van der Waals surface area contributed by atoms with Gasteiger partial charge in [-0.25, -0.2) is 4.79 Å². The molecule has 0 saturated carbocycles. The van der Waals surface area contributed by atoms with E-state index in [1.54, 1.807) is 6.07 Å². The highest BCUT2D eigenvalue weighted by Crippen LogP contribution is 2.28. The number of hydrogen-bond donors (Lipinski definition) is 1. The summed E-state index contributed by atoms with van der Waals surface area (Å²) in [5.74, 6) is -1.02. The Balaban J connectivity index is 2.85. The summed E-state index contributed by atoms with van der Waals surface area (Å²) in [6, 6.07) is 3.60. The monoisotopic (exact) mass is 204 g/mol. The second-order valence-electron chi connectivity index (χ2n) is 3.79. The number of carboxylic acid groups (broad SMARTS) is 1. The van der Waals surface area contributed by atoms with Gasteiger partial charge in [0.05, 0.1) is 0 Å². The van der Waals surface area contributed by atoms with Gasteiger partial charge in [-0.3, -0.25) is 0 Å². The summed E-state index contributed by atoms with van der Waals surface area (Å²) < 4.78 is 5.30. The molecule has 2 rings (SSSR count). The molecule has 2 aromatic rings. The van der Waals surface area contributed by atoms with Crippen LogP contribution in [0.4, 0.5) is 0 Å². The van der Waals surface area contributed by atoms with Gasteiger partial charge in [-0.15, -0.1) is 0 Å². The molecule has 0 aliphatic heterocycles. The maximum Gasteiger partial charge on any atom is 0.371 e. The molecule has 0 atom stereocenters. The highest BCUT2D eigenvalue weighted by molar-refractivity contribution is 5.94. The van der Waals surface area contributed by atoms with Gasteiger partial charge >= 0.3 is 5.97 Å². The minimum Gasteiger partial charge on any atom is -0.475 e. The van der Waals surface area contributed by atoms with E-state index in [2.05, 4.69) is 0 Å². The van der Waals surface area contributed by atoms with Crippen LogP contribution in [0.2, 0.25) is 0 Å². The number of aryl methyl sites for hydroxylation is 3. The molecule has 0 aliphatic carbocycles. The first-order valence-corrected chi connectivity index (χ1v) is 4.74. The van der Waals surface area contributed by atoms with Crippen LogP contribution in [0, 0.1) is 20.8 Å². The van der Waals surface area contributed by atoms with E-state index < -0.39 is 5.97 Å². The number of carbonyl (C=O) groups is 1. The highest BCUT2D eigenvalue weighted by Gasteiger charge is 2.14. The summed E-state index contributed by atoms with van der Waals surface area (Å²) in [6.45, 7) is 5.90. The Morgan fingerprint density at radius 3 is 2.47 bits per heavy atom. The molecule has 0 unspecified atom stereocenters. The van der Waals surface area contributed by atoms with E-state index in [-0.39, 0.29) is 5.76 Å². The fourth-order valence-electron chi connectivity index (χ4n) is 1.78. The van der Waals surface area contributed by atoms with Crippen molar-refractivity contribution in [2.24, 2.45) is 0 Å². The second-order valence-corrected chi connectivity index (χ2v) is 3.79. The molecule has 78 valence electrons. The number of furan rings is 1. The number of benzene rings is 1. The lowest BCUT2D eigenvalue weighted by Gasteiger charge is -2.02.